The fourth-order valence-corrected chi connectivity index (χ4v) is 2.33. The summed E-state index contributed by atoms with van der Waals surface area (Å²) in [7, 11) is 4.30. The molecule has 1 aliphatic rings. The molecule has 0 amide bonds. The van der Waals surface area contributed by atoms with Gasteiger partial charge < -0.3 is 10.6 Å². The lowest BCUT2D eigenvalue weighted by molar-refractivity contribution is 0.0973. The number of pyridine rings is 1. The van der Waals surface area contributed by atoms with Crippen molar-refractivity contribution in [3.8, 4) is 0 Å². The number of hydrogen-bond acceptors (Lipinski definition) is 4. The molecule has 0 aromatic carbocycles. The summed E-state index contributed by atoms with van der Waals surface area (Å²) in [6.07, 6.45) is 1.91. The summed E-state index contributed by atoms with van der Waals surface area (Å²) in [5.41, 5.74) is 8.53. The van der Waals surface area contributed by atoms with E-state index in [0.717, 1.165) is 30.9 Å². The van der Waals surface area contributed by atoms with Gasteiger partial charge in [0.1, 0.15) is 0 Å². The van der Waals surface area contributed by atoms with E-state index in [0.29, 0.717) is 6.04 Å². The Bertz CT molecular complexity index is 362. The van der Waals surface area contributed by atoms with Crippen LogP contribution in [0.15, 0.2) is 18.3 Å². The topological polar surface area (TPSA) is 45.4 Å². The average Bonchev–Trinajstić information content (AvgIpc) is 2.32. The Balaban J connectivity index is 2.12. The van der Waals surface area contributed by atoms with Crippen LogP contribution in [0, 0.1) is 6.92 Å². The lowest BCUT2D eigenvalue weighted by atomic mass is 9.98. The van der Waals surface area contributed by atoms with Crippen LogP contribution in [0.1, 0.15) is 17.3 Å². The molecular formula is C13H22N4. The Morgan fingerprint density at radius 2 is 2.12 bits per heavy atom. The first-order chi connectivity index (χ1) is 8.08. The Morgan fingerprint density at radius 3 is 2.76 bits per heavy atom. The van der Waals surface area contributed by atoms with Gasteiger partial charge in [-0.2, -0.15) is 0 Å². The summed E-state index contributed by atoms with van der Waals surface area (Å²) in [4.78, 5) is 9.02. The molecule has 1 saturated heterocycles. The van der Waals surface area contributed by atoms with Crippen LogP contribution in [-0.2, 0) is 0 Å². The second kappa shape index (κ2) is 5.12. The summed E-state index contributed by atoms with van der Waals surface area (Å²) in [6.45, 7) is 5.21. The fraction of sp³-hybridized carbons (Fsp3) is 0.615. The van der Waals surface area contributed by atoms with Crippen LogP contribution in [0.3, 0.4) is 0 Å². The minimum absolute atomic E-state index is 0.0378. The smallest absolute Gasteiger partial charge is 0.0480 e. The largest absolute Gasteiger partial charge is 0.323 e. The highest BCUT2D eigenvalue weighted by Crippen LogP contribution is 2.20. The Kier molecular flexibility index (Phi) is 3.76. The summed E-state index contributed by atoms with van der Waals surface area (Å²) in [5.74, 6) is 0. The standard InChI is InChI=1S/C13H22N4/c1-10-4-5-11(8-15-10)13(14)12-9-16(2)6-7-17(12)3/h4-5,8,12-13H,6-7,9,14H2,1-3H3. The van der Waals surface area contributed by atoms with Gasteiger partial charge in [0, 0.05) is 43.6 Å². The molecule has 0 spiro atoms. The molecule has 0 bridgehead atoms. The van der Waals surface area contributed by atoms with E-state index in [9.17, 15) is 0 Å². The number of aryl methyl sites for hydroxylation is 1. The van der Waals surface area contributed by atoms with E-state index in [-0.39, 0.29) is 6.04 Å². The van der Waals surface area contributed by atoms with Gasteiger partial charge in [-0.25, -0.2) is 0 Å². The number of nitrogens with two attached hydrogens (primary N) is 1. The Morgan fingerprint density at radius 1 is 1.35 bits per heavy atom. The molecule has 1 aromatic heterocycles. The molecular weight excluding hydrogens is 212 g/mol. The van der Waals surface area contributed by atoms with Crippen molar-refractivity contribution < 1.29 is 0 Å². The van der Waals surface area contributed by atoms with Crippen molar-refractivity contribution in [3.05, 3.63) is 29.6 Å². The predicted octanol–water partition coefficient (Wildman–Crippen LogP) is 0.636. The van der Waals surface area contributed by atoms with Gasteiger partial charge in [0.05, 0.1) is 0 Å². The van der Waals surface area contributed by atoms with Crippen molar-refractivity contribution in [3.63, 3.8) is 0 Å². The van der Waals surface area contributed by atoms with Crippen LogP contribution in [0.5, 0.6) is 0 Å². The quantitative estimate of drug-likeness (QED) is 0.815. The predicted molar refractivity (Wildman–Crippen MR) is 69.8 cm³/mol. The van der Waals surface area contributed by atoms with Gasteiger partial charge in [-0.15, -0.1) is 0 Å². The molecule has 2 atom stereocenters. The van der Waals surface area contributed by atoms with Crippen LogP contribution < -0.4 is 5.73 Å². The lowest BCUT2D eigenvalue weighted by Crippen LogP contribution is -2.54. The van der Waals surface area contributed by atoms with Crippen molar-refractivity contribution >= 4 is 0 Å². The summed E-state index contributed by atoms with van der Waals surface area (Å²) < 4.78 is 0. The zero-order valence-corrected chi connectivity index (χ0v) is 10.9. The van der Waals surface area contributed by atoms with E-state index in [2.05, 4.69) is 34.9 Å². The van der Waals surface area contributed by atoms with Crippen LogP contribution >= 0.6 is 0 Å². The first-order valence-corrected chi connectivity index (χ1v) is 6.15. The lowest BCUT2D eigenvalue weighted by Gasteiger charge is -2.40. The maximum Gasteiger partial charge on any atom is 0.0480 e. The fourth-order valence-electron chi connectivity index (χ4n) is 2.33. The van der Waals surface area contributed by atoms with Crippen molar-refractivity contribution in [1.29, 1.82) is 0 Å². The number of likely N-dealkylation sites (N-methyl/N-ethyl adjacent to an activating group) is 2. The molecule has 1 aliphatic heterocycles. The van der Waals surface area contributed by atoms with Crippen LogP contribution in [0.4, 0.5) is 0 Å². The summed E-state index contributed by atoms with van der Waals surface area (Å²) in [6, 6.07) is 4.53. The van der Waals surface area contributed by atoms with Crippen molar-refractivity contribution in [1.82, 2.24) is 14.8 Å². The number of rotatable bonds is 2. The van der Waals surface area contributed by atoms with Gasteiger partial charge in [0.2, 0.25) is 0 Å². The van der Waals surface area contributed by atoms with Crippen molar-refractivity contribution in [2.24, 2.45) is 5.73 Å². The third kappa shape index (κ3) is 2.83. The van der Waals surface area contributed by atoms with Crippen LogP contribution in [-0.4, -0.2) is 54.6 Å². The molecule has 4 nitrogen and oxygen atoms in total. The summed E-state index contributed by atoms with van der Waals surface area (Å²) >= 11 is 0. The Hall–Kier alpha value is -0.970. The zero-order valence-electron chi connectivity index (χ0n) is 10.9. The highest BCUT2D eigenvalue weighted by atomic mass is 15.3. The molecule has 94 valence electrons. The van der Waals surface area contributed by atoms with Gasteiger partial charge in [-0.1, -0.05) is 6.07 Å². The normalized spacial score (nSPS) is 24.8. The summed E-state index contributed by atoms with van der Waals surface area (Å²) in [5, 5.41) is 0. The Labute approximate surface area is 103 Å². The molecule has 17 heavy (non-hydrogen) atoms. The molecule has 1 aromatic rings. The minimum atomic E-state index is 0.0378. The first-order valence-electron chi connectivity index (χ1n) is 6.15. The van der Waals surface area contributed by atoms with E-state index < -0.39 is 0 Å². The van der Waals surface area contributed by atoms with Gasteiger partial charge in [-0.05, 0) is 32.6 Å². The average molecular weight is 234 g/mol. The molecule has 4 heteroatoms. The van der Waals surface area contributed by atoms with Gasteiger partial charge >= 0.3 is 0 Å². The highest BCUT2D eigenvalue weighted by Gasteiger charge is 2.28. The molecule has 0 radical (unpaired) electrons. The molecule has 2 N–H and O–H groups in total. The van der Waals surface area contributed by atoms with Crippen LogP contribution in [0.25, 0.3) is 0 Å². The SMILES string of the molecule is Cc1ccc(C(N)C2CN(C)CCN2C)cn1. The number of nitrogens with zero attached hydrogens (tertiary/aromatic N) is 3. The molecule has 1 fully saturated rings. The monoisotopic (exact) mass is 234 g/mol. The minimum Gasteiger partial charge on any atom is -0.323 e. The molecule has 2 unspecified atom stereocenters. The number of piperazine rings is 1. The third-order valence-corrected chi connectivity index (χ3v) is 3.63. The van der Waals surface area contributed by atoms with E-state index in [1.165, 1.54) is 0 Å². The molecule has 0 aliphatic carbocycles. The van der Waals surface area contributed by atoms with Gasteiger partial charge in [0.25, 0.3) is 0 Å². The second-order valence-corrected chi connectivity index (χ2v) is 5.07. The maximum atomic E-state index is 6.36. The van der Waals surface area contributed by atoms with Crippen molar-refractivity contribution in [2.75, 3.05) is 33.7 Å². The van der Waals surface area contributed by atoms with E-state index >= 15 is 0 Å². The number of aromatic nitrogens is 1. The van der Waals surface area contributed by atoms with Gasteiger partial charge in [0.15, 0.2) is 0 Å². The van der Waals surface area contributed by atoms with E-state index in [1.54, 1.807) is 0 Å². The van der Waals surface area contributed by atoms with Crippen LogP contribution in [0.2, 0.25) is 0 Å². The second-order valence-electron chi connectivity index (χ2n) is 5.07. The zero-order chi connectivity index (χ0) is 12.4. The molecule has 0 saturated carbocycles. The van der Waals surface area contributed by atoms with Gasteiger partial charge in [-0.3, -0.25) is 9.88 Å². The first kappa shape index (κ1) is 12.5. The molecule has 2 rings (SSSR count). The van der Waals surface area contributed by atoms with E-state index in [1.807, 2.05) is 19.2 Å². The number of hydrogen-bond donors (Lipinski definition) is 1. The third-order valence-electron chi connectivity index (χ3n) is 3.63. The highest BCUT2D eigenvalue weighted by molar-refractivity contribution is 5.19. The molecule has 2 heterocycles. The maximum absolute atomic E-state index is 6.36. The van der Waals surface area contributed by atoms with Crippen molar-refractivity contribution in [2.45, 2.75) is 19.0 Å². The van der Waals surface area contributed by atoms with E-state index in [4.69, 9.17) is 5.73 Å².